The monoisotopic (exact) mass is 326 g/mol. The SMILES string of the molecule is COc1nc(C)nc(SC[C@H](N)C(=O)O)c1NC1=NCCN1. The van der Waals surface area contributed by atoms with Crippen molar-refractivity contribution in [1.82, 2.24) is 15.3 Å². The van der Waals surface area contributed by atoms with Crippen LogP contribution in [0.25, 0.3) is 0 Å². The van der Waals surface area contributed by atoms with Crippen molar-refractivity contribution in [1.29, 1.82) is 0 Å². The van der Waals surface area contributed by atoms with Gasteiger partial charge in [0.25, 0.3) is 0 Å². The highest BCUT2D eigenvalue weighted by Crippen LogP contribution is 2.32. The fourth-order valence-corrected chi connectivity index (χ4v) is 2.68. The number of thioether (sulfide) groups is 1. The number of hydrogen-bond acceptors (Lipinski definition) is 9. The first-order valence-corrected chi connectivity index (χ1v) is 7.59. The lowest BCUT2D eigenvalue weighted by atomic mass is 10.4. The molecule has 1 aromatic heterocycles. The minimum Gasteiger partial charge on any atom is -0.480 e. The third kappa shape index (κ3) is 3.98. The molecule has 22 heavy (non-hydrogen) atoms. The molecule has 1 aliphatic heterocycles. The van der Waals surface area contributed by atoms with Crippen LogP contribution < -0.4 is 21.1 Å². The van der Waals surface area contributed by atoms with Gasteiger partial charge in [-0.25, -0.2) is 4.98 Å². The second-order valence-corrected chi connectivity index (χ2v) is 5.51. The molecule has 0 unspecified atom stereocenters. The first kappa shape index (κ1) is 16.3. The van der Waals surface area contributed by atoms with Crippen molar-refractivity contribution in [2.75, 3.05) is 31.3 Å². The van der Waals surface area contributed by atoms with Crippen molar-refractivity contribution in [3.63, 3.8) is 0 Å². The van der Waals surface area contributed by atoms with E-state index in [4.69, 9.17) is 15.6 Å². The molecule has 0 spiro atoms. The van der Waals surface area contributed by atoms with E-state index in [9.17, 15) is 4.79 Å². The molecule has 0 aromatic carbocycles. The second-order valence-electron chi connectivity index (χ2n) is 4.50. The number of aryl methyl sites for hydroxylation is 1. The van der Waals surface area contributed by atoms with Gasteiger partial charge in [0, 0.05) is 12.3 Å². The average Bonchev–Trinajstić information content (AvgIpc) is 2.99. The molecule has 5 N–H and O–H groups in total. The Labute approximate surface area is 131 Å². The van der Waals surface area contributed by atoms with Gasteiger partial charge in [-0.15, -0.1) is 11.8 Å². The van der Waals surface area contributed by atoms with E-state index in [1.54, 1.807) is 6.92 Å². The van der Waals surface area contributed by atoms with E-state index in [0.29, 0.717) is 34.9 Å². The first-order valence-electron chi connectivity index (χ1n) is 6.60. The van der Waals surface area contributed by atoms with Crippen LogP contribution in [0.3, 0.4) is 0 Å². The van der Waals surface area contributed by atoms with Crippen LogP contribution in [-0.4, -0.2) is 59.0 Å². The molecule has 9 nitrogen and oxygen atoms in total. The molecule has 0 bridgehead atoms. The Morgan fingerprint density at radius 2 is 2.36 bits per heavy atom. The van der Waals surface area contributed by atoms with E-state index < -0.39 is 12.0 Å². The number of methoxy groups -OCH3 is 1. The molecule has 0 amide bonds. The summed E-state index contributed by atoms with van der Waals surface area (Å²) in [7, 11) is 1.51. The van der Waals surface area contributed by atoms with Crippen molar-refractivity contribution in [2.24, 2.45) is 10.7 Å². The molecule has 120 valence electrons. The predicted molar refractivity (Wildman–Crippen MR) is 83.6 cm³/mol. The lowest BCUT2D eigenvalue weighted by molar-refractivity contribution is -0.137. The number of aromatic nitrogens is 2. The minimum absolute atomic E-state index is 0.184. The van der Waals surface area contributed by atoms with E-state index in [1.165, 1.54) is 18.9 Å². The summed E-state index contributed by atoms with van der Waals surface area (Å²) in [6.07, 6.45) is 0. The Bertz CT molecular complexity index is 594. The highest BCUT2D eigenvalue weighted by molar-refractivity contribution is 7.99. The smallest absolute Gasteiger partial charge is 0.321 e. The van der Waals surface area contributed by atoms with Gasteiger partial charge in [-0.05, 0) is 6.92 Å². The lowest BCUT2D eigenvalue weighted by Crippen LogP contribution is -2.32. The van der Waals surface area contributed by atoms with Crippen LogP contribution in [0, 0.1) is 6.92 Å². The number of nitrogens with two attached hydrogens (primary N) is 1. The Balaban J connectivity index is 2.25. The van der Waals surface area contributed by atoms with Crippen molar-refractivity contribution in [3.8, 4) is 5.88 Å². The van der Waals surface area contributed by atoms with Gasteiger partial charge in [0.15, 0.2) is 5.96 Å². The Hall–Kier alpha value is -2.07. The number of carboxylic acids is 1. The zero-order chi connectivity index (χ0) is 16.1. The summed E-state index contributed by atoms with van der Waals surface area (Å²) in [5, 5.41) is 15.6. The molecule has 1 aliphatic rings. The van der Waals surface area contributed by atoms with E-state index >= 15 is 0 Å². The summed E-state index contributed by atoms with van der Waals surface area (Å²) < 4.78 is 5.27. The molecule has 1 aromatic rings. The van der Waals surface area contributed by atoms with Crippen LogP contribution >= 0.6 is 11.8 Å². The second kappa shape index (κ2) is 7.27. The van der Waals surface area contributed by atoms with E-state index in [1.807, 2.05) is 0 Å². The maximum Gasteiger partial charge on any atom is 0.321 e. The summed E-state index contributed by atoms with van der Waals surface area (Å²) in [5.74, 6) is 0.630. The summed E-state index contributed by atoms with van der Waals surface area (Å²) in [5.41, 5.74) is 6.08. The number of anilines is 1. The van der Waals surface area contributed by atoms with Crippen LogP contribution in [0.4, 0.5) is 5.69 Å². The Morgan fingerprint density at radius 3 is 2.95 bits per heavy atom. The summed E-state index contributed by atoms with van der Waals surface area (Å²) >= 11 is 1.23. The number of rotatable bonds is 6. The van der Waals surface area contributed by atoms with Gasteiger partial charge in [0.05, 0.1) is 13.7 Å². The fourth-order valence-electron chi connectivity index (χ4n) is 1.72. The normalized spacial score (nSPS) is 15.0. The maximum atomic E-state index is 10.8. The predicted octanol–water partition coefficient (Wildman–Crippen LogP) is -0.331. The van der Waals surface area contributed by atoms with Gasteiger partial charge in [-0.2, -0.15) is 4.98 Å². The Kier molecular flexibility index (Phi) is 5.39. The Morgan fingerprint density at radius 1 is 1.59 bits per heavy atom. The van der Waals surface area contributed by atoms with Crippen LogP contribution in [0.5, 0.6) is 5.88 Å². The number of aliphatic carboxylic acids is 1. The molecule has 2 rings (SSSR count). The molecular weight excluding hydrogens is 308 g/mol. The molecule has 0 radical (unpaired) electrons. The number of hydrogen-bond donors (Lipinski definition) is 4. The molecule has 0 saturated heterocycles. The van der Waals surface area contributed by atoms with E-state index in [2.05, 4.69) is 25.6 Å². The summed E-state index contributed by atoms with van der Waals surface area (Å²) in [6, 6.07) is -0.971. The van der Waals surface area contributed by atoms with Gasteiger partial charge in [-0.3, -0.25) is 9.79 Å². The summed E-state index contributed by atoms with van der Waals surface area (Å²) in [6.45, 7) is 3.17. The third-order valence-corrected chi connectivity index (χ3v) is 3.88. The van der Waals surface area contributed by atoms with E-state index in [-0.39, 0.29) is 5.75 Å². The standard InChI is InChI=1S/C12H18N6O3S/c1-6-16-9(21-2)8(18-12-14-3-4-15-12)10(17-6)22-5-7(13)11(19)20/h7H,3-5,13H2,1-2H3,(H,19,20)(H2,14,15,18)/t7-/m0/s1. The molecule has 1 atom stereocenters. The molecule has 0 aliphatic carbocycles. The number of guanidine groups is 1. The summed E-state index contributed by atoms with van der Waals surface area (Å²) in [4.78, 5) is 23.6. The van der Waals surface area contributed by atoms with Crippen molar-refractivity contribution in [2.45, 2.75) is 18.0 Å². The van der Waals surface area contributed by atoms with Crippen LogP contribution in [-0.2, 0) is 4.79 Å². The maximum absolute atomic E-state index is 10.8. The van der Waals surface area contributed by atoms with Crippen molar-refractivity contribution < 1.29 is 14.6 Å². The number of carbonyl (C=O) groups is 1. The molecule has 0 saturated carbocycles. The van der Waals surface area contributed by atoms with Crippen LogP contribution in [0.1, 0.15) is 5.82 Å². The largest absolute Gasteiger partial charge is 0.480 e. The zero-order valence-corrected chi connectivity index (χ0v) is 13.1. The number of aliphatic imine (C=N–C) groups is 1. The van der Waals surface area contributed by atoms with Crippen LogP contribution in [0.15, 0.2) is 10.0 Å². The fraction of sp³-hybridized carbons (Fsp3) is 0.500. The number of ether oxygens (including phenoxy) is 1. The first-order chi connectivity index (χ1) is 10.5. The van der Waals surface area contributed by atoms with Crippen molar-refractivity contribution in [3.05, 3.63) is 5.82 Å². The van der Waals surface area contributed by atoms with E-state index in [0.717, 1.165) is 6.54 Å². The van der Waals surface area contributed by atoms with Gasteiger partial charge < -0.3 is 26.2 Å². The van der Waals surface area contributed by atoms with Crippen molar-refractivity contribution >= 4 is 29.4 Å². The molecular formula is C12H18N6O3S. The quantitative estimate of drug-likeness (QED) is 0.409. The van der Waals surface area contributed by atoms with Gasteiger partial charge >= 0.3 is 5.97 Å². The lowest BCUT2D eigenvalue weighted by Gasteiger charge is -2.15. The number of carboxylic acid groups (broad SMARTS) is 1. The number of nitrogens with one attached hydrogen (secondary N) is 2. The van der Waals surface area contributed by atoms with Crippen LogP contribution in [0.2, 0.25) is 0 Å². The number of nitrogens with zero attached hydrogens (tertiary/aromatic N) is 3. The van der Waals surface area contributed by atoms with Gasteiger partial charge in [0.1, 0.15) is 22.6 Å². The minimum atomic E-state index is -1.05. The average molecular weight is 326 g/mol. The highest BCUT2D eigenvalue weighted by Gasteiger charge is 2.20. The topological polar surface area (TPSA) is 135 Å². The zero-order valence-electron chi connectivity index (χ0n) is 12.3. The highest BCUT2D eigenvalue weighted by atomic mass is 32.2. The molecule has 10 heteroatoms. The molecule has 0 fully saturated rings. The third-order valence-electron chi connectivity index (χ3n) is 2.78. The van der Waals surface area contributed by atoms with Gasteiger partial charge in [-0.1, -0.05) is 0 Å². The van der Waals surface area contributed by atoms with Gasteiger partial charge in [0.2, 0.25) is 5.88 Å². The molecule has 2 heterocycles.